The third-order valence-electron chi connectivity index (χ3n) is 1.22. The predicted octanol–water partition coefficient (Wildman–Crippen LogP) is 3.02. The lowest BCUT2D eigenvalue weighted by Gasteiger charge is -1.94. The molecule has 0 aliphatic rings. The number of nitriles is 1. The summed E-state index contributed by atoms with van der Waals surface area (Å²) in [7, 11) is 0. The molecular weight excluding hydrogens is 174 g/mol. The van der Waals surface area contributed by atoms with Gasteiger partial charge in [-0.25, -0.2) is 9.97 Å². The summed E-state index contributed by atoms with van der Waals surface area (Å²) in [4.78, 5) is 7.89. The van der Waals surface area contributed by atoms with E-state index in [2.05, 4.69) is 9.97 Å². The summed E-state index contributed by atoms with van der Waals surface area (Å²) in [6.07, 6.45) is 1.54. The highest BCUT2D eigenvalue weighted by Gasteiger charge is 1.96. The van der Waals surface area contributed by atoms with Crippen LogP contribution >= 0.6 is 0 Å². The van der Waals surface area contributed by atoms with E-state index in [-0.39, 0.29) is 0 Å². The first kappa shape index (κ1) is 15.1. The molecule has 0 aromatic carbocycles. The van der Waals surface area contributed by atoms with Crippen LogP contribution in [0.4, 0.5) is 0 Å². The average molecular weight is 193 g/mol. The van der Waals surface area contributed by atoms with Crippen LogP contribution in [0.3, 0.4) is 0 Å². The van der Waals surface area contributed by atoms with Crippen molar-refractivity contribution in [2.24, 2.45) is 0 Å². The van der Waals surface area contributed by atoms with E-state index in [4.69, 9.17) is 5.26 Å². The second kappa shape index (κ2) is 9.66. The number of hydrogen-bond acceptors (Lipinski definition) is 3. The SMILES string of the molecule is CC.CC.Cc1ncc(C#N)c(C)n1. The van der Waals surface area contributed by atoms with Crippen molar-refractivity contribution >= 4 is 0 Å². The van der Waals surface area contributed by atoms with Crippen LogP contribution in [0.1, 0.15) is 44.8 Å². The summed E-state index contributed by atoms with van der Waals surface area (Å²) >= 11 is 0. The molecule has 0 atom stereocenters. The maximum Gasteiger partial charge on any atom is 0.125 e. The van der Waals surface area contributed by atoms with E-state index in [0.717, 1.165) is 5.69 Å². The molecule has 0 spiro atoms. The first-order valence-corrected chi connectivity index (χ1v) is 4.94. The van der Waals surface area contributed by atoms with Crippen LogP contribution < -0.4 is 0 Å². The fourth-order valence-corrected chi connectivity index (χ4v) is 0.693. The number of rotatable bonds is 0. The Morgan fingerprint density at radius 3 is 2.00 bits per heavy atom. The van der Waals surface area contributed by atoms with Crippen LogP contribution in [0.15, 0.2) is 6.20 Å². The van der Waals surface area contributed by atoms with Gasteiger partial charge < -0.3 is 0 Å². The molecule has 0 fully saturated rings. The van der Waals surface area contributed by atoms with Gasteiger partial charge in [-0.3, -0.25) is 0 Å². The number of nitrogens with zero attached hydrogens (tertiary/aromatic N) is 3. The Balaban J connectivity index is 0. The Kier molecular flexibility index (Phi) is 10.4. The smallest absolute Gasteiger partial charge is 0.125 e. The highest BCUT2D eigenvalue weighted by atomic mass is 14.9. The van der Waals surface area contributed by atoms with Gasteiger partial charge in [0, 0.05) is 6.20 Å². The monoisotopic (exact) mass is 193 g/mol. The molecule has 0 saturated carbocycles. The highest BCUT2D eigenvalue weighted by molar-refractivity contribution is 5.29. The fourth-order valence-electron chi connectivity index (χ4n) is 0.693. The molecule has 1 aromatic rings. The zero-order valence-electron chi connectivity index (χ0n) is 9.92. The summed E-state index contributed by atoms with van der Waals surface area (Å²) in [6.45, 7) is 11.6. The molecule has 0 aliphatic heterocycles. The summed E-state index contributed by atoms with van der Waals surface area (Å²) < 4.78 is 0. The van der Waals surface area contributed by atoms with Crippen molar-refractivity contribution < 1.29 is 0 Å². The van der Waals surface area contributed by atoms with Crippen molar-refractivity contribution in [3.05, 3.63) is 23.3 Å². The molecule has 1 heterocycles. The van der Waals surface area contributed by atoms with E-state index >= 15 is 0 Å². The molecule has 78 valence electrons. The Hall–Kier alpha value is -1.43. The molecule has 0 amide bonds. The molecule has 14 heavy (non-hydrogen) atoms. The Bertz CT molecular complexity index is 287. The van der Waals surface area contributed by atoms with E-state index in [1.165, 1.54) is 6.20 Å². The summed E-state index contributed by atoms with van der Waals surface area (Å²) in [5, 5.41) is 8.48. The second-order valence-corrected chi connectivity index (χ2v) is 2.03. The van der Waals surface area contributed by atoms with Gasteiger partial charge in [-0.1, -0.05) is 27.7 Å². The standard InChI is InChI=1S/C7H7N3.2C2H6/c1-5-7(3-8)4-9-6(2)10-5;2*1-2/h4H,1-2H3;2*1-2H3. The van der Waals surface area contributed by atoms with Gasteiger partial charge in [0.05, 0.1) is 11.3 Å². The molecule has 1 aromatic heterocycles. The highest BCUT2D eigenvalue weighted by Crippen LogP contribution is 2.00. The Morgan fingerprint density at radius 2 is 1.64 bits per heavy atom. The Labute approximate surface area is 86.8 Å². The summed E-state index contributed by atoms with van der Waals surface area (Å²) in [5.74, 6) is 0.705. The van der Waals surface area contributed by atoms with Gasteiger partial charge in [0.15, 0.2) is 0 Å². The third kappa shape index (κ3) is 5.26. The molecule has 3 heteroatoms. The second-order valence-electron chi connectivity index (χ2n) is 2.03. The molecule has 0 saturated heterocycles. The quantitative estimate of drug-likeness (QED) is 0.636. The maximum absolute atomic E-state index is 8.48. The lowest BCUT2D eigenvalue weighted by atomic mass is 10.3. The predicted molar refractivity (Wildman–Crippen MR) is 58.9 cm³/mol. The van der Waals surface area contributed by atoms with E-state index in [1.807, 2.05) is 33.8 Å². The fraction of sp³-hybridized carbons (Fsp3) is 0.545. The maximum atomic E-state index is 8.48. The minimum absolute atomic E-state index is 0.547. The van der Waals surface area contributed by atoms with Gasteiger partial charge >= 0.3 is 0 Å². The first-order valence-electron chi connectivity index (χ1n) is 4.94. The molecule has 0 aliphatic carbocycles. The molecule has 0 unspecified atom stereocenters. The number of aryl methyl sites for hydroxylation is 2. The normalized spacial score (nSPS) is 7.21. The average Bonchev–Trinajstić information content (AvgIpc) is 2.24. The Morgan fingerprint density at radius 1 is 1.14 bits per heavy atom. The van der Waals surface area contributed by atoms with Crippen molar-refractivity contribution in [1.82, 2.24) is 9.97 Å². The minimum Gasteiger partial charge on any atom is -0.240 e. The zero-order valence-corrected chi connectivity index (χ0v) is 9.92. The van der Waals surface area contributed by atoms with Gasteiger partial charge in [0.1, 0.15) is 11.9 Å². The largest absolute Gasteiger partial charge is 0.240 e. The van der Waals surface area contributed by atoms with Crippen LogP contribution in [0.25, 0.3) is 0 Å². The molecule has 0 N–H and O–H groups in total. The molecule has 0 bridgehead atoms. The van der Waals surface area contributed by atoms with Crippen LogP contribution in [-0.4, -0.2) is 9.97 Å². The van der Waals surface area contributed by atoms with Crippen molar-refractivity contribution in [3.8, 4) is 6.07 Å². The zero-order chi connectivity index (χ0) is 11.6. The van der Waals surface area contributed by atoms with E-state index < -0.39 is 0 Å². The molecular formula is C11H19N3. The van der Waals surface area contributed by atoms with E-state index in [0.29, 0.717) is 11.4 Å². The van der Waals surface area contributed by atoms with Crippen molar-refractivity contribution in [1.29, 1.82) is 5.26 Å². The van der Waals surface area contributed by atoms with Gasteiger partial charge in [-0.2, -0.15) is 5.26 Å². The topological polar surface area (TPSA) is 49.6 Å². The van der Waals surface area contributed by atoms with Crippen LogP contribution in [0, 0.1) is 25.2 Å². The number of aromatic nitrogens is 2. The van der Waals surface area contributed by atoms with Gasteiger partial charge in [-0.05, 0) is 13.8 Å². The van der Waals surface area contributed by atoms with E-state index in [1.54, 1.807) is 13.8 Å². The lowest BCUT2D eigenvalue weighted by molar-refractivity contribution is 1.00. The summed E-state index contributed by atoms with van der Waals surface area (Å²) in [6, 6.07) is 2.00. The van der Waals surface area contributed by atoms with Gasteiger partial charge in [0.2, 0.25) is 0 Å². The lowest BCUT2D eigenvalue weighted by Crippen LogP contribution is -1.93. The van der Waals surface area contributed by atoms with Crippen molar-refractivity contribution in [2.75, 3.05) is 0 Å². The minimum atomic E-state index is 0.547. The van der Waals surface area contributed by atoms with Crippen LogP contribution in [-0.2, 0) is 0 Å². The van der Waals surface area contributed by atoms with Gasteiger partial charge in [-0.15, -0.1) is 0 Å². The molecule has 1 rings (SSSR count). The first-order chi connectivity index (χ1) is 6.74. The molecule has 0 radical (unpaired) electrons. The molecule has 3 nitrogen and oxygen atoms in total. The number of hydrogen-bond donors (Lipinski definition) is 0. The third-order valence-corrected chi connectivity index (χ3v) is 1.22. The van der Waals surface area contributed by atoms with Crippen molar-refractivity contribution in [3.63, 3.8) is 0 Å². The van der Waals surface area contributed by atoms with Crippen molar-refractivity contribution in [2.45, 2.75) is 41.5 Å². The van der Waals surface area contributed by atoms with Crippen LogP contribution in [0.5, 0.6) is 0 Å². The van der Waals surface area contributed by atoms with Crippen LogP contribution in [0.2, 0.25) is 0 Å². The van der Waals surface area contributed by atoms with Gasteiger partial charge in [0.25, 0.3) is 0 Å². The van der Waals surface area contributed by atoms with E-state index in [9.17, 15) is 0 Å². The summed E-state index contributed by atoms with van der Waals surface area (Å²) in [5.41, 5.74) is 1.29.